The van der Waals surface area contributed by atoms with Crippen LogP contribution in [0.25, 0.3) is 0 Å². The monoisotopic (exact) mass is 519 g/mol. The summed E-state index contributed by atoms with van der Waals surface area (Å²) < 4.78 is 54.1. The van der Waals surface area contributed by atoms with E-state index < -0.39 is 16.9 Å². The Bertz CT molecular complexity index is 1230. The minimum Gasteiger partial charge on any atom is -0.457 e. The second kappa shape index (κ2) is 9.47. The Morgan fingerprint density at radius 2 is 1.62 bits per heavy atom. The van der Waals surface area contributed by atoms with E-state index in [2.05, 4.69) is 19.5 Å². The van der Waals surface area contributed by atoms with Crippen molar-refractivity contribution in [3.05, 3.63) is 64.8 Å². The van der Waals surface area contributed by atoms with Crippen LogP contribution in [0.15, 0.2) is 54.7 Å². The lowest BCUT2D eigenvalue weighted by atomic mass is 10.1. The quantitative estimate of drug-likeness (QED) is 0.334. The summed E-state index contributed by atoms with van der Waals surface area (Å²) in [6.45, 7) is 6.44. The van der Waals surface area contributed by atoms with Crippen molar-refractivity contribution in [3.63, 3.8) is 0 Å². The minimum absolute atomic E-state index is 0.212. The summed E-state index contributed by atoms with van der Waals surface area (Å²) in [5.74, 6) is 0.444. The fourth-order valence-electron chi connectivity index (χ4n) is 4.57. The SMILES string of the molecule is C[C@]1(CN2CCN(c3ccc(Oc4ccc(OC(F)(F)F)cc4)cc3)CC2)Cn2cc([N+](=O)[O-])nc2O1. The van der Waals surface area contributed by atoms with E-state index >= 15 is 0 Å². The number of hydrogen-bond acceptors (Lipinski definition) is 8. The molecule has 13 heteroatoms. The van der Waals surface area contributed by atoms with Gasteiger partial charge in [-0.15, -0.1) is 13.2 Å². The van der Waals surface area contributed by atoms with Crippen LogP contribution in [0.4, 0.5) is 24.7 Å². The van der Waals surface area contributed by atoms with Crippen LogP contribution in [0, 0.1) is 10.1 Å². The summed E-state index contributed by atoms with van der Waals surface area (Å²) in [5.41, 5.74) is 0.534. The number of halogens is 3. The van der Waals surface area contributed by atoms with E-state index in [1.807, 2.05) is 31.2 Å². The Morgan fingerprint density at radius 1 is 1.03 bits per heavy atom. The molecule has 3 aromatic rings. The molecule has 0 spiro atoms. The first-order valence-electron chi connectivity index (χ1n) is 11.6. The van der Waals surface area contributed by atoms with Crippen molar-refractivity contribution >= 4 is 11.5 Å². The number of aromatic nitrogens is 2. The average molecular weight is 519 g/mol. The first-order chi connectivity index (χ1) is 17.6. The molecule has 0 unspecified atom stereocenters. The van der Waals surface area contributed by atoms with Crippen molar-refractivity contribution in [2.45, 2.75) is 25.4 Å². The Hall–Kier alpha value is -4.00. The van der Waals surface area contributed by atoms with Gasteiger partial charge in [0, 0.05) is 43.4 Å². The second-order valence-corrected chi connectivity index (χ2v) is 9.20. The smallest absolute Gasteiger partial charge is 0.457 e. The highest BCUT2D eigenvalue weighted by Gasteiger charge is 2.41. The molecule has 0 aliphatic carbocycles. The lowest BCUT2D eigenvalue weighted by Crippen LogP contribution is -2.52. The molecule has 3 heterocycles. The molecular formula is C24H24F3N5O5. The molecular weight excluding hydrogens is 495 g/mol. The number of benzene rings is 2. The van der Waals surface area contributed by atoms with Crippen LogP contribution in [-0.4, -0.2) is 64.1 Å². The van der Waals surface area contributed by atoms with E-state index in [1.165, 1.54) is 30.5 Å². The molecule has 0 saturated carbocycles. The number of fused-ring (bicyclic) bond motifs is 1. The van der Waals surface area contributed by atoms with Crippen molar-refractivity contribution in [2.75, 3.05) is 37.6 Å². The van der Waals surface area contributed by atoms with Gasteiger partial charge in [0.15, 0.2) is 0 Å². The third kappa shape index (κ3) is 5.88. The minimum atomic E-state index is -4.73. The second-order valence-electron chi connectivity index (χ2n) is 9.20. The predicted octanol–water partition coefficient (Wildman–Crippen LogP) is 4.46. The molecule has 0 amide bonds. The summed E-state index contributed by atoms with van der Waals surface area (Å²) in [6, 6.07) is 13.0. The molecule has 37 heavy (non-hydrogen) atoms. The summed E-state index contributed by atoms with van der Waals surface area (Å²) in [6.07, 6.45) is -3.33. The van der Waals surface area contributed by atoms with Gasteiger partial charge in [0.2, 0.25) is 0 Å². The van der Waals surface area contributed by atoms with Crippen molar-refractivity contribution in [1.82, 2.24) is 14.5 Å². The van der Waals surface area contributed by atoms with Gasteiger partial charge < -0.3 is 29.2 Å². The summed E-state index contributed by atoms with van der Waals surface area (Å²) in [5, 5.41) is 10.9. The van der Waals surface area contributed by atoms with Crippen LogP contribution < -0.4 is 19.1 Å². The normalized spacial score (nSPS) is 19.8. The van der Waals surface area contributed by atoms with Crippen LogP contribution >= 0.6 is 0 Å². The van der Waals surface area contributed by atoms with Crippen molar-refractivity contribution in [3.8, 4) is 23.3 Å². The Balaban J connectivity index is 1.10. The molecule has 1 fully saturated rings. The maximum atomic E-state index is 12.3. The number of nitrogens with zero attached hydrogens (tertiary/aromatic N) is 5. The fourth-order valence-corrected chi connectivity index (χ4v) is 4.57. The van der Waals surface area contributed by atoms with Crippen LogP contribution in [0.1, 0.15) is 6.92 Å². The van der Waals surface area contributed by atoms with Gasteiger partial charge in [0.1, 0.15) is 29.0 Å². The van der Waals surface area contributed by atoms with Crippen molar-refractivity contribution < 1.29 is 32.3 Å². The summed E-state index contributed by atoms with van der Waals surface area (Å²) in [4.78, 5) is 18.9. The van der Waals surface area contributed by atoms with Crippen LogP contribution in [0.2, 0.25) is 0 Å². The summed E-state index contributed by atoms with van der Waals surface area (Å²) >= 11 is 0. The first-order valence-corrected chi connectivity index (χ1v) is 11.6. The first kappa shape index (κ1) is 24.7. The van der Waals surface area contributed by atoms with Gasteiger partial charge in [-0.2, -0.15) is 0 Å². The standard InChI is InChI=1S/C24H24F3N5O5/c1-23(16-31-14-21(32(33)34)28-22(31)37-23)15-29-10-12-30(13-11-29)17-2-4-18(5-3-17)35-19-6-8-20(9-7-19)36-24(25,26)27/h2-9,14H,10-13,15-16H2,1H3/t23-/m0/s1. The molecule has 1 aromatic heterocycles. The maximum Gasteiger partial charge on any atom is 0.573 e. The Kier molecular flexibility index (Phi) is 6.31. The fraction of sp³-hybridized carbons (Fsp3) is 0.375. The number of rotatable bonds is 7. The molecule has 1 atom stereocenters. The van der Waals surface area contributed by atoms with Gasteiger partial charge in [0.05, 0.1) is 6.54 Å². The lowest BCUT2D eigenvalue weighted by molar-refractivity contribution is -0.389. The molecule has 10 nitrogen and oxygen atoms in total. The molecule has 0 N–H and O–H groups in total. The number of anilines is 1. The Labute approximate surface area is 209 Å². The highest BCUT2D eigenvalue weighted by molar-refractivity contribution is 5.50. The number of hydrogen-bond donors (Lipinski definition) is 0. The third-order valence-electron chi connectivity index (χ3n) is 6.18. The highest BCUT2D eigenvalue weighted by Crippen LogP contribution is 2.32. The van der Waals surface area contributed by atoms with E-state index in [0.29, 0.717) is 24.6 Å². The van der Waals surface area contributed by atoms with Gasteiger partial charge in [-0.3, -0.25) is 9.47 Å². The van der Waals surface area contributed by atoms with E-state index in [1.54, 1.807) is 4.57 Å². The van der Waals surface area contributed by atoms with Crippen molar-refractivity contribution in [1.29, 1.82) is 0 Å². The number of imidazole rings is 1. The van der Waals surface area contributed by atoms with E-state index in [0.717, 1.165) is 31.9 Å². The van der Waals surface area contributed by atoms with E-state index in [9.17, 15) is 23.3 Å². The van der Waals surface area contributed by atoms with Crippen LogP contribution in [-0.2, 0) is 6.54 Å². The van der Waals surface area contributed by atoms with Gasteiger partial charge in [-0.25, -0.2) is 0 Å². The zero-order valence-corrected chi connectivity index (χ0v) is 19.8. The largest absolute Gasteiger partial charge is 0.573 e. The van der Waals surface area contributed by atoms with Gasteiger partial charge >= 0.3 is 18.2 Å². The van der Waals surface area contributed by atoms with Crippen LogP contribution in [0.3, 0.4) is 0 Å². The molecule has 0 radical (unpaired) electrons. The lowest BCUT2D eigenvalue weighted by Gasteiger charge is -2.39. The van der Waals surface area contributed by atoms with E-state index in [4.69, 9.17) is 9.47 Å². The Morgan fingerprint density at radius 3 is 2.19 bits per heavy atom. The maximum absolute atomic E-state index is 12.3. The number of ether oxygens (including phenoxy) is 3. The number of piperazine rings is 1. The molecule has 1 saturated heterocycles. The van der Waals surface area contributed by atoms with Crippen LogP contribution in [0.5, 0.6) is 23.3 Å². The molecule has 2 aromatic carbocycles. The zero-order chi connectivity index (χ0) is 26.2. The van der Waals surface area contributed by atoms with Gasteiger partial charge in [0.25, 0.3) is 0 Å². The molecule has 196 valence electrons. The van der Waals surface area contributed by atoms with Gasteiger partial charge in [-0.05, 0) is 60.4 Å². The predicted molar refractivity (Wildman–Crippen MR) is 126 cm³/mol. The number of nitro groups is 1. The molecule has 5 rings (SSSR count). The van der Waals surface area contributed by atoms with Gasteiger partial charge in [-0.1, -0.05) is 0 Å². The summed E-state index contributed by atoms with van der Waals surface area (Å²) in [7, 11) is 0. The highest BCUT2D eigenvalue weighted by atomic mass is 19.4. The van der Waals surface area contributed by atoms with Crippen molar-refractivity contribution in [2.24, 2.45) is 0 Å². The topological polar surface area (TPSA) is 95.1 Å². The third-order valence-corrected chi connectivity index (χ3v) is 6.18. The molecule has 0 bridgehead atoms. The molecule has 2 aliphatic rings. The zero-order valence-electron chi connectivity index (χ0n) is 19.8. The average Bonchev–Trinajstić information content (AvgIpc) is 3.36. The number of alkyl halides is 3. The van der Waals surface area contributed by atoms with E-state index in [-0.39, 0.29) is 17.6 Å². The molecule has 2 aliphatic heterocycles.